The van der Waals surface area contributed by atoms with E-state index >= 15 is 0 Å². The number of carbonyl (C=O) groups is 2. The summed E-state index contributed by atoms with van der Waals surface area (Å²) in [7, 11) is -3.61. The smallest absolute Gasteiger partial charge is 0.243 e. The van der Waals surface area contributed by atoms with Crippen LogP contribution >= 0.6 is 11.6 Å². The van der Waals surface area contributed by atoms with Crippen LogP contribution in [-0.4, -0.2) is 49.5 Å². The second-order valence-electron chi connectivity index (χ2n) is 9.73. The second-order valence-corrected chi connectivity index (χ2v) is 12.1. The average molecular weight is 540 g/mol. The lowest BCUT2D eigenvalue weighted by molar-refractivity contribution is -0.142. The molecule has 1 N–H and O–H groups in total. The van der Waals surface area contributed by atoms with E-state index in [0.717, 1.165) is 6.26 Å². The van der Waals surface area contributed by atoms with E-state index in [1.165, 1.54) is 21.3 Å². The lowest BCUT2D eigenvalue weighted by Crippen LogP contribution is -2.53. The van der Waals surface area contributed by atoms with Crippen LogP contribution < -0.4 is 9.62 Å². The minimum atomic E-state index is -3.61. The molecule has 10 heteroatoms. The van der Waals surface area contributed by atoms with Crippen LogP contribution in [0.5, 0.6) is 0 Å². The van der Waals surface area contributed by atoms with Crippen molar-refractivity contribution in [3.63, 3.8) is 0 Å². The van der Waals surface area contributed by atoms with Gasteiger partial charge in [0, 0.05) is 30.1 Å². The first-order valence-electron chi connectivity index (χ1n) is 11.8. The van der Waals surface area contributed by atoms with Crippen molar-refractivity contribution in [2.75, 3.05) is 17.1 Å². The first kappa shape index (κ1) is 29.6. The van der Waals surface area contributed by atoms with Crippen molar-refractivity contribution in [1.82, 2.24) is 10.2 Å². The molecular weight excluding hydrogens is 505 g/mol. The van der Waals surface area contributed by atoms with Gasteiger partial charge in [0.1, 0.15) is 11.9 Å². The number of hydrogen-bond donors (Lipinski definition) is 1. The molecule has 0 aliphatic heterocycles. The van der Waals surface area contributed by atoms with Crippen LogP contribution in [0.3, 0.4) is 0 Å². The van der Waals surface area contributed by atoms with Crippen molar-refractivity contribution in [3.05, 3.63) is 64.9 Å². The van der Waals surface area contributed by atoms with E-state index in [1.54, 1.807) is 36.4 Å². The maximum absolute atomic E-state index is 13.4. The zero-order valence-electron chi connectivity index (χ0n) is 21.4. The molecule has 0 aliphatic carbocycles. The number of sulfonamides is 1. The van der Waals surface area contributed by atoms with Crippen LogP contribution in [0, 0.1) is 5.82 Å². The Balaban J connectivity index is 2.23. The van der Waals surface area contributed by atoms with E-state index in [9.17, 15) is 22.4 Å². The number of halogens is 2. The second kappa shape index (κ2) is 12.5. The summed E-state index contributed by atoms with van der Waals surface area (Å²) < 4.78 is 39.4. The molecule has 7 nitrogen and oxygen atoms in total. The molecule has 0 saturated carbocycles. The molecule has 198 valence electrons. The van der Waals surface area contributed by atoms with Crippen LogP contribution in [0.2, 0.25) is 5.02 Å². The highest BCUT2D eigenvalue weighted by molar-refractivity contribution is 7.92. The Morgan fingerprint density at radius 3 is 2.28 bits per heavy atom. The summed E-state index contributed by atoms with van der Waals surface area (Å²) in [6.45, 7) is 7.60. The first-order valence-corrected chi connectivity index (χ1v) is 14.0. The number of hydrogen-bond acceptors (Lipinski definition) is 4. The Bertz CT molecular complexity index is 1150. The normalized spacial score (nSPS) is 12.6. The van der Waals surface area contributed by atoms with Crippen molar-refractivity contribution >= 4 is 39.1 Å². The molecule has 0 radical (unpaired) electrons. The third-order valence-electron chi connectivity index (χ3n) is 5.40. The van der Waals surface area contributed by atoms with Gasteiger partial charge in [-0.3, -0.25) is 13.9 Å². The van der Waals surface area contributed by atoms with Crippen LogP contribution in [-0.2, 0) is 26.2 Å². The summed E-state index contributed by atoms with van der Waals surface area (Å²) in [5.41, 5.74) is 0.613. The van der Waals surface area contributed by atoms with Crippen LogP contribution in [0.4, 0.5) is 10.1 Å². The SMILES string of the molecule is CC[C@H](C(=O)NC(C)(C)C)N(Cc1ccc(F)cc1)C(=O)CCCN(c1cccc(Cl)c1)S(C)(=O)=O. The summed E-state index contributed by atoms with van der Waals surface area (Å²) in [6, 6.07) is 11.5. The minimum Gasteiger partial charge on any atom is -0.350 e. The van der Waals surface area contributed by atoms with Gasteiger partial charge in [0.15, 0.2) is 0 Å². The number of nitrogens with zero attached hydrogens (tertiary/aromatic N) is 2. The Hall–Kier alpha value is -2.65. The molecule has 1 atom stereocenters. The van der Waals surface area contributed by atoms with Gasteiger partial charge in [-0.2, -0.15) is 0 Å². The van der Waals surface area contributed by atoms with Gasteiger partial charge in [-0.15, -0.1) is 0 Å². The number of nitrogens with one attached hydrogen (secondary N) is 1. The monoisotopic (exact) mass is 539 g/mol. The minimum absolute atomic E-state index is 0.0209. The van der Waals surface area contributed by atoms with Gasteiger partial charge < -0.3 is 10.2 Å². The van der Waals surface area contributed by atoms with Crippen LogP contribution in [0.25, 0.3) is 0 Å². The molecule has 0 saturated heterocycles. The summed E-state index contributed by atoms with van der Waals surface area (Å²) in [5.74, 6) is -0.969. The van der Waals surface area contributed by atoms with E-state index < -0.39 is 27.4 Å². The summed E-state index contributed by atoms with van der Waals surface area (Å²) in [6.07, 6.45) is 1.73. The van der Waals surface area contributed by atoms with Gasteiger partial charge in [-0.05, 0) is 69.5 Å². The molecule has 2 aromatic carbocycles. The van der Waals surface area contributed by atoms with Crippen LogP contribution in [0.15, 0.2) is 48.5 Å². The van der Waals surface area contributed by atoms with Gasteiger partial charge in [0.05, 0.1) is 11.9 Å². The summed E-state index contributed by atoms with van der Waals surface area (Å²) >= 11 is 6.03. The van der Waals surface area contributed by atoms with Crippen molar-refractivity contribution in [3.8, 4) is 0 Å². The van der Waals surface area contributed by atoms with Gasteiger partial charge in [-0.25, -0.2) is 12.8 Å². The highest BCUT2D eigenvalue weighted by atomic mass is 35.5. The molecule has 0 aromatic heterocycles. The lowest BCUT2D eigenvalue weighted by atomic mass is 10.0. The van der Waals surface area contributed by atoms with Gasteiger partial charge in [-0.1, -0.05) is 36.7 Å². The van der Waals surface area contributed by atoms with Gasteiger partial charge >= 0.3 is 0 Å². The van der Waals surface area contributed by atoms with E-state index in [-0.39, 0.29) is 37.7 Å². The van der Waals surface area contributed by atoms with Crippen molar-refractivity contribution in [1.29, 1.82) is 0 Å². The van der Waals surface area contributed by atoms with Gasteiger partial charge in [0.25, 0.3) is 0 Å². The topological polar surface area (TPSA) is 86.8 Å². The average Bonchev–Trinajstić information content (AvgIpc) is 2.75. The fourth-order valence-electron chi connectivity index (χ4n) is 3.79. The largest absolute Gasteiger partial charge is 0.350 e. The van der Waals surface area contributed by atoms with Crippen molar-refractivity contribution < 1.29 is 22.4 Å². The third-order valence-corrected chi connectivity index (χ3v) is 6.83. The highest BCUT2D eigenvalue weighted by Crippen LogP contribution is 2.23. The van der Waals surface area contributed by atoms with E-state index in [0.29, 0.717) is 22.7 Å². The Morgan fingerprint density at radius 1 is 1.11 bits per heavy atom. The van der Waals surface area contributed by atoms with Crippen molar-refractivity contribution in [2.24, 2.45) is 0 Å². The van der Waals surface area contributed by atoms with Crippen LogP contribution in [0.1, 0.15) is 52.5 Å². The van der Waals surface area contributed by atoms with Crippen molar-refractivity contribution in [2.45, 2.75) is 65.1 Å². The van der Waals surface area contributed by atoms with E-state index in [1.807, 2.05) is 27.7 Å². The predicted molar refractivity (Wildman–Crippen MR) is 142 cm³/mol. The van der Waals surface area contributed by atoms with E-state index in [2.05, 4.69) is 5.32 Å². The predicted octanol–water partition coefficient (Wildman–Crippen LogP) is 4.75. The molecule has 36 heavy (non-hydrogen) atoms. The zero-order valence-corrected chi connectivity index (χ0v) is 23.0. The molecular formula is C26H35ClFN3O4S. The fraction of sp³-hybridized carbons (Fsp3) is 0.462. The molecule has 2 amide bonds. The number of anilines is 1. The zero-order chi connectivity index (χ0) is 27.1. The fourth-order valence-corrected chi connectivity index (χ4v) is 4.94. The molecule has 0 aliphatic rings. The van der Waals surface area contributed by atoms with Gasteiger partial charge in [0.2, 0.25) is 21.8 Å². The number of rotatable bonds is 11. The number of carbonyl (C=O) groups excluding carboxylic acids is 2. The number of amides is 2. The third kappa shape index (κ3) is 9.09. The van der Waals surface area contributed by atoms with E-state index in [4.69, 9.17) is 11.6 Å². The highest BCUT2D eigenvalue weighted by Gasteiger charge is 2.30. The number of benzene rings is 2. The first-order chi connectivity index (χ1) is 16.7. The standard InChI is InChI=1S/C26H35ClFN3O4S/c1-6-23(25(33)29-26(2,3)4)30(18-19-12-14-21(28)15-13-19)24(32)11-8-16-31(36(5,34)35)22-10-7-9-20(27)17-22/h7,9-10,12-15,17,23H,6,8,11,16,18H2,1-5H3,(H,29,33)/t23-/m1/s1. The molecule has 2 rings (SSSR count). The molecule has 0 spiro atoms. The summed E-state index contributed by atoms with van der Waals surface area (Å²) in [4.78, 5) is 27.9. The molecule has 2 aromatic rings. The molecule has 0 bridgehead atoms. The Morgan fingerprint density at radius 2 is 1.75 bits per heavy atom. The Kier molecular flexibility index (Phi) is 10.3. The maximum Gasteiger partial charge on any atom is 0.243 e. The lowest BCUT2D eigenvalue weighted by Gasteiger charge is -2.33. The Labute approximate surface area is 218 Å². The molecule has 0 heterocycles. The summed E-state index contributed by atoms with van der Waals surface area (Å²) in [5, 5.41) is 3.33. The molecule has 0 fully saturated rings. The molecule has 0 unspecified atom stereocenters. The quantitative estimate of drug-likeness (QED) is 0.446. The maximum atomic E-state index is 13.4.